The van der Waals surface area contributed by atoms with Crippen LogP contribution in [0.15, 0.2) is 29.6 Å². The molecule has 2 aromatic rings. The van der Waals surface area contributed by atoms with Crippen LogP contribution in [-0.2, 0) is 4.79 Å². The van der Waals surface area contributed by atoms with Gasteiger partial charge in [-0.05, 0) is 43.4 Å². The van der Waals surface area contributed by atoms with Crippen molar-refractivity contribution in [2.45, 2.75) is 18.9 Å². The number of hydrogen-bond donors (Lipinski definition) is 2. The van der Waals surface area contributed by atoms with Crippen molar-refractivity contribution < 1.29 is 9.90 Å². The Morgan fingerprint density at radius 3 is 2.71 bits per heavy atom. The minimum absolute atomic E-state index is 0.314. The molecular formula is C15H16N2O2S2. The minimum atomic E-state index is -1.23. The Morgan fingerprint density at radius 1 is 1.38 bits per heavy atom. The molecule has 1 atom stereocenters. The number of aryl methyl sites for hydroxylation is 1. The maximum Gasteiger partial charge on any atom is 0.257 e. The van der Waals surface area contributed by atoms with E-state index in [9.17, 15) is 9.90 Å². The highest BCUT2D eigenvalue weighted by molar-refractivity contribution is 7.99. The molecule has 1 aliphatic rings. The Morgan fingerprint density at radius 2 is 2.14 bits per heavy atom. The summed E-state index contributed by atoms with van der Waals surface area (Å²) in [4.78, 5) is 16.5. The first kappa shape index (κ1) is 14.6. The molecule has 0 saturated carbocycles. The fraction of sp³-hybridized carbons (Fsp3) is 0.333. The highest BCUT2D eigenvalue weighted by atomic mass is 32.2. The molecule has 1 aliphatic heterocycles. The molecule has 1 saturated heterocycles. The van der Waals surface area contributed by atoms with Crippen molar-refractivity contribution in [1.82, 2.24) is 4.98 Å². The number of nitrogens with one attached hydrogen (secondary N) is 1. The second kappa shape index (κ2) is 5.79. The van der Waals surface area contributed by atoms with Crippen molar-refractivity contribution in [2.24, 2.45) is 0 Å². The van der Waals surface area contributed by atoms with E-state index in [0.717, 1.165) is 22.0 Å². The number of thiazole rings is 1. The van der Waals surface area contributed by atoms with Gasteiger partial charge in [-0.1, -0.05) is 0 Å². The summed E-state index contributed by atoms with van der Waals surface area (Å²) in [5, 5.41) is 16.0. The third-order valence-electron chi connectivity index (χ3n) is 3.43. The molecule has 0 bridgehead atoms. The van der Waals surface area contributed by atoms with Gasteiger partial charge in [-0.3, -0.25) is 4.79 Å². The molecule has 1 unspecified atom stereocenters. The SMILES string of the molecule is Cc1csc(-c2ccc(NC(=O)C3(O)CCSC3)cc2)n1. The monoisotopic (exact) mass is 320 g/mol. The van der Waals surface area contributed by atoms with Crippen LogP contribution < -0.4 is 5.32 Å². The Bertz CT molecular complexity index is 646. The smallest absolute Gasteiger partial charge is 0.257 e. The molecule has 110 valence electrons. The van der Waals surface area contributed by atoms with E-state index in [1.807, 2.05) is 36.6 Å². The Hall–Kier alpha value is -1.37. The third kappa shape index (κ3) is 3.12. The number of thioether (sulfide) groups is 1. The lowest BCUT2D eigenvalue weighted by Gasteiger charge is -2.20. The standard InChI is InChI=1S/C15H16N2O2S2/c1-10-8-21-13(16-10)11-2-4-12(5-3-11)17-14(18)15(19)6-7-20-9-15/h2-5,8,19H,6-7,9H2,1H3,(H,17,18). The van der Waals surface area contributed by atoms with Gasteiger partial charge in [-0.2, -0.15) is 11.8 Å². The number of amides is 1. The topological polar surface area (TPSA) is 62.2 Å². The largest absolute Gasteiger partial charge is 0.379 e. The minimum Gasteiger partial charge on any atom is -0.379 e. The molecule has 6 heteroatoms. The van der Waals surface area contributed by atoms with Crippen LogP contribution in [0.5, 0.6) is 0 Å². The first-order valence-corrected chi connectivity index (χ1v) is 8.74. The lowest BCUT2D eigenvalue weighted by Crippen LogP contribution is -2.42. The van der Waals surface area contributed by atoms with Gasteiger partial charge < -0.3 is 10.4 Å². The molecule has 0 radical (unpaired) electrons. The highest BCUT2D eigenvalue weighted by Gasteiger charge is 2.39. The van der Waals surface area contributed by atoms with Gasteiger partial charge >= 0.3 is 0 Å². The summed E-state index contributed by atoms with van der Waals surface area (Å²) >= 11 is 3.21. The van der Waals surface area contributed by atoms with E-state index in [0.29, 0.717) is 17.9 Å². The molecular weight excluding hydrogens is 304 g/mol. The van der Waals surface area contributed by atoms with Crippen molar-refractivity contribution in [3.05, 3.63) is 35.3 Å². The maximum atomic E-state index is 12.1. The number of nitrogens with zero attached hydrogens (tertiary/aromatic N) is 1. The fourth-order valence-electron chi connectivity index (χ4n) is 2.16. The molecule has 0 aliphatic carbocycles. The summed E-state index contributed by atoms with van der Waals surface area (Å²) in [5.74, 6) is 0.979. The number of aromatic nitrogens is 1. The van der Waals surface area contributed by atoms with Crippen molar-refractivity contribution in [1.29, 1.82) is 0 Å². The van der Waals surface area contributed by atoms with Crippen molar-refractivity contribution in [3.63, 3.8) is 0 Å². The molecule has 1 amide bonds. The summed E-state index contributed by atoms with van der Waals surface area (Å²) < 4.78 is 0. The van der Waals surface area contributed by atoms with Gasteiger partial charge in [-0.25, -0.2) is 4.98 Å². The number of carbonyl (C=O) groups is 1. The Kier molecular flexibility index (Phi) is 4.01. The number of aliphatic hydroxyl groups is 1. The zero-order chi connectivity index (χ0) is 14.9. The van der Waals surface area contributed by atoms with Crippen molar-refractivity contribution in [2.75, 3.05) is 16.8 Å². The quantitative estimate of drug-likeness (QED) is 0.913. The Labute approximate surface area is 131 Å². The van der Waals surface area contributed by atoms with Crippen LogP contribution in [0.25, 0.3) is 10.6 Å². The lowest BCUT2D eigenvalue weighted by atomic mass is 10.0. The zero-order valence-electron chi connectivity index (χ0n) is 11.6. The van der Waals surface area contributed by atoms with Crippen LogP contribution in [0.1, 0.15) is 12.1 Å². The summed E-state index contributed by atoms with van der Waals surface area (Å²) in [5.41, 5.74) is 1.51. The summed E-state index contributed by atoms with van der Waals surface area (Å²) in [6.07, 6.45) is 0.514. The van der Waals surface area contributed by atoms with E-state index in [1.54, 1.807) is 23.1 Å². The molecule has 4 nitrogen and oxygen atoms in total. The molecule has 21 heavy (non-hydrogen) atoms. The van der Waals surface area contributed by atoms with Gasteiger partial charge in [0.25, 0.3) is 5.91 Å². The van der Waals surface area contributed by atoms with Crippen LogP contribution >= 0.6 is 23.1 Å². The molecule has 0 spiro atoms. The first-order valence-electron chi connectivity index (χ1n) is 6.71. The van der Waals surface area contributed by atoms with Gasteiger partial charge in [0.1, 0.15) is 5.01 Å². The second-order valence-electron chi connectivity index (χ2n) is 5.16. The van der Waals surface area contributed by atoms with Gasteiger partial charge in [0, 0.05) is 28.1 Å². The zero-order valence-corrected chi connectivity index (χ0v) is 13.3. The predicted molar refractivity (Wildman–Crippen MR) is 87.8 cm³/mol. The molecule has 1 aromatic heterocycles. The number of benzene rings is 1. The van der Waals surface area contributed by atoms with E-state index in [1.165, 1.54) is 0 Å². The van der Waals surface area contributed by atoms with Crippen molar-refractivity contribution >= 4 is 34.7 Å². The number of rotatable bonds is 3. The summed E-state index contributed by atoms with van der Waals surface area (Å²) in [6.45, 7) is 1.97. The molecule has 1 aromatic carbocycles. The summed E-state index contributed by atoms with van der Waals surface area (Å²) in [7, 11) is 0. The summed E-state index contributed by atoms with van der Waals surface area (Å²) in [6, 6.07) is 7.55. The predicted octanol–water partition coefficient (Wildman–Crippen LogP) is 2.93. The van der Waals surface area contributed by atoms with Crippen LogP contribution in [-0.4, -0.2) is 33.1 Å². The molecule has 2 N–H and O–H groups in total. The third-order valence-corrected chi connectivity index (χ3v) is 5.62. The fourth-order valence-corrected chi connectivity index (χ4v) is 4.21. The van der Waals surface area contributed by atoms with E-state index < -0.39 is 5.60 Å². The van der Waals surface area contributed by atoms with Crippen LogP contribution in [0.2, 0.25) is 0 Å². The van der Waals surface area contributed by atoms with E-state index in [4.69, 9.17) is 0 Å². The number of anilines is 1. The number of carbonyl (C=O) groups excluding carboxylic acids is 1. The van der Waals surface area contributed by atoms with Gasteiger partial charge in [-0.15, -0.1) is 11.3 Å². The average Bonchev–Trinajstić information content (AvgIpc) is 3.09. The normalized spacial score (nSPS) is 21.4. The van der Waals surface area contributed by atoms with Crippen LogP contribution in [0.4, 0.5) is 5.69 Å². The van der Waals surface area contributed by atoms with Crippen molar-refractivity contribution in [3.8, 4) is 10.6 Å². The van der Waals surface area contributed by atoms with E-state index >= 15 is 0 Å². The molecule has 3 rings (SSSR count). The van der Waals surface area contributed by atoms with Gasteiger partial charge in [0.2, 0.25) is 0 Å². The average molecular weight is 320 g/mol. The first-order chi connectivity index (χ1) is 10.1. The second-order valence-corrected chi connectivity index (χ2v) is 7.12. The molecule has 2 heterocycles. The van der Waals surface area contributed by atoms with E-state index in [-0.39, 0.29) is 5.91 Å². The van der Waals surface area contributed by atoms with Gasteiger partial charge in [0.05, 0.1) is 0 Å². The van der Waals surface area contributed by atoms with Gasteiger partial charge in [0.15, 0.2) is 5.60 Å². The lowest BCUT2D eigenvalue weighted by molar-refractivity contribution is -0.131. The highest BCUT2D eigenvalue weighted by Crippen LogP contribution is 2.29. The Balaban J connectivity index is 1.71. The van der Waals surface area contributed by atoms with Crippen LogP contribution in [0.3, 0.4) is 0 Å². The van der Waals surface area contributed by atoms with E-state index in [2.05, 4.69) is 10.3 Å². The molecule has 1 fully saturated rings. The maximum absolute atomic E-state index is 12.1. The number of hydrogen-bond acceptors (Lipinski definition) is 5. The van der Waals surface area contributed by atoms with Crippen LogP contribution in [0, 0.1) is 6.92 Å².